The maximum absolute atomic E-state index is 9.96. The van der Waals surface area contributed by atoms with Gasteiger partial charge in [0.2, 0.25) is 0 Å². The highest BCUT2D eigenvalue weighted by atomic mass is 79.9. The Labute approximate surface area is 138 Å². The van der Waals surface area contributed by atoms with Crippen molar-refractivity contribution in [3.63, 3.8) is 0 Å². The van der Waals surface area contributed by atoms with E-state index in [4.69, 9.17) is 4.74 Å². The molecule has 0 aliphatic carbocycles. The maximum atomic E-state index is 9.96. The third kappa shape index (κ3) is 5.11. The van der Waals surface area contributed by atoms with E-state index in [9.17, 15) is 5.11 Å². The van der Waals surface area contributed by atoms with Crippen molar-refractivity contribution < 1.29 is 9.84 Å². The van der Waals surface area contributed by atoms with Crippen molar-refractivity contribution >= 4 is 27.3 Å². The predicted octanol–water partition coefficient (Wildman–Crippen LogP) is 3.66. The number of aliphatic hydroxyl groups is 1. The number of ether oxygens (including phenoxy) is 1. The highest BCUT2D eigenvalue weighted by Crippen LogP contribution is 2.22. The van der Waals surface area contributed by atoms with Crippen LogP contribution in [0.3, 0.4) is 0 Å². The predicted molar refractivity (Wildman–Crippen MR) is 91.1 cm³/mol. The zero-order valence-electron chi connectivity index (χ0n) is 12.2. The molecule has 1 aromatic heterocycles. The van der Waals surface area contributed by atoms with E-state index in [-0.39, 0.29) is 0 Å². The molecule has 21 heavy (non-hydrogen) atoms. The third-order valence-electron chi connectivity index (χ3n) is 3.12. The lowest BCUT2D eigenvalue weighted by molar-refractivity contribution is 0.106. The van der Waals surface area contributed by atoms with Gasteiger partial charge in [-0.15, -0.1) is 11.3 Å². The van der Waals surface area contributed by atoms with Crippen LogP contribution in [0.2, 0.25) is 0 Å². The summed E-state index contributed by atoms with van der Waals surface area (Å²) in [5.41, 5.74) is 2.31. The zero-order valence-corrected chi connectivity index (χ0v) is 14.6. The average molecular weight is 370 g/mol. The van der Waals surface area contributed by atoms with E-state index in [1.807, 2.05) is 30.5 Å². The van der Waals surface area contributed by atoms with E-state index in [0.717, 1.165) is 22.3 Å². The summed E-state index contributed by atoms with van der Waals surface area (Å²) in [5.74, 6) is 0.834. The second-order valence-corrected chi connectivity index (χ2v) is 6.91. The van der Waals surface area contributed by atoms with Crippen LogP contribution in [0.1, 0.15) is 16.0 Å². The Morgan fingerprint density at radius 2 is 2.14 bits per heavy atom. The molecule has 0 saturated heterocycles. The topological polar surface area (TPSA) is 41.5 Å². The van der Waals surface area contributed by atoms with Gasteiger partial charge in [-0.05, 0) is 52.9 Å². The van der Waals surface area contributed by atoms with Crippen LogP contribution in [-0.2, 0) is 6.54 Å². The van der Waals surface area contributed by atoms with Crippen molar-refractivity contribution in [3.05, 3.63) is 50.1 Å². The monoisotopic (exact) mass is 369 g/mol. The van der Waals surface area contributed by atoms with Gasteiger partial charge in [0.05, 0.1) is 0 Å². The minimum absolute atomic E-state index is 0.294. The molecule has 1 aromatic carbocycles. The van der Waals surface area contributed by atoms with Crippen LogP contribution in [0.25, 0.3) is 0 Å². The lowest BCUT2D eigenvalue weighted by Gasteiger charge is -2.14. The first-order valence-electron chi connectivity index (χ1n) is 6.87. The molecular weight excluding hydrogens is 350 g/mol. The molecule has 0 radical (unpaired) electrons. The molecule has 0 bridgehead atoms. The number of hydrogen-bond acceptors (Lipinski definition) is 4. The van der Waals surface area contributed by atoms with Crippen LogP contribution in [0.15, 0.2) is 34.1 Å². The quantitative estimate of drug-likeness (QED) is 0.782. The first-order valence-corrected chi connectivity index (χ1v) is 8.54. The van der Waals surface area contributed by atoms with E-state index in [1.165, 1.54) is 10.4 Å². The Bertz CT molecular complexity index is 585. The van der Waals surface area contributed by atoms with Gasteiger partial charge in [0.25, 0.3) is 0 Å². The molecule has 1 atom stereocenters. The molecule has 1 unspecified atom stereocenters. The summed E-state index contributed by atoms with van der Waals surface area (Å²) in [6.45, 7) is 5.62. The molecule has 0 saturated carbocycles. The van der Waals surface area contributed by atoms with Crippen LogP contribution in [0.5, 0.6) is 5.75 Å². The van der Waals surface area contributed by atoms with E-state index in [0.29, 0.717) is 13.2 Å². The molecule has 2 N–H and O–H groups in total. The standard InChI is InChI=1S/C16H20BrNO2S/c1-11-3-4-15(12(2)7-11)20-10-13(19)8-18-9-16-14(17)5-6-21-16/h3-7,13,18-19H,8-10H2,1-2H3. The van der Waals surface area contributed by atoms with Crippen molar-refractivity contribution in [2.75, 3.05) is 13.2 Å². The van der Waals surface area contributed by atoms with Crippen LogP contribution in [0.4, 0.5) is 0 Å². The Kier molecular flexibility index (Phi) is 6.23. The van der Waals surface area contributed by atoms with Crippen LogP contribution in [0, 0.1) is 13.8 Å². The Balaban J connectivity index is 1.72. The Morgan fingerprint density at radius 3 is 2.81 bits per heavy atom. The number of nitrogens with one attached hydrogen (secondary N) is 1. The lowest BCUT2D eigenvalue weighted by Crippen LogP contribution is -2.31. The Hall–Kier alpha value is -0.880. The number of aliphatic hydroxyl groups excluding tert-OH is 1. The largest absolute Gasteiger partial charge is 0.491 e. The van der Waals surface area contributed by atoms with Crippen molar-refractivity contribution in [2.45, 2.75) is 26.5 Å². The summed E-state index contributed by atoms with van der Waals surface area (Å²) in [6, 6.07) is 8.07. The molecular formula is C16H20BrNO2S. The first kappa shape index (κ1) is 16.5. The highest BCUT2D eigenvalue weighted by molar-refractivity contribution is 9.10. The minimum Gasteiger partial charge on any atom is -0.491 e. The maximum Gasteiger partial charge on any atom is 0.122 e. The fraction of sp³-hybridized carbons (Fsp3) is 0.375. The summed E-state index contributed by atoms with van der Waals surface area (Å²) in [6.07, 6.45) is -0.524. The van der Waals surface area contributed by atoms with Crippen molar-refractivity contribution in [1.29, 1.82) is 0 Å². The molecule has 1 heterocycles. The minimum atomic E-state index is -0.524. The van der Waals surface area contributed by atoms with Gasteiger partial charge in [0.15, 0.2) is 0 Å². The smallest absolute Gasteiger partial charge is 0.122 e. The van der Waals surface area contributed by atoms with Gasteiger partial charge in [-0.2, -0.15) is 0 Å². The zero-order chi connectivity index (χ0) is 15.2. The van der Waals surface area contributed by atoms with Gasteiger partial charge in [0, 0.05) is 22.4 Å². The molecule has 0 spiro atoms. The molecule has 0 aliphatic heterocycles. The second kappa shape index (κ2) is 7.94. The van der Waals surface area contributed by atoms with E-state index >= 15 is 0 Å². The number of halogens is 1. The number of rotatable bonds is 7. The van der Waals surface area contributed by atoms with Gasteiger partial charge < -0.3 is 15.2 Å². The number of aryl methyl sites for hydroxylation is 2. The number of benzene rings is 1. The van der Waals surface area contributed by atoms with Gasteiger partial charge in [-0.3, -0.25) is 0 Å². The van der Waals surface area contributed by atoms with E-state index in [1.54, 1.807) is 11.3 Å². The highest BCUT2D eigenvalue weighted by Gasteiger charge is 2.08. The van der Waals surface area contributed by atoms with Crippen LogP contribution in [-0.4, -0.2) is 24.4 Å². The molecule has 0 aliphatic rings. The van der Waals surface area contributed by atoms with E-state index < -0.39 is 6.10 Å². The summed E-state index contributed by atoms with van der Waals surface area (Å²) >= 11 is 5.18. The fourth-order valence-electron chi connectivity index (χ4n) is 2.01. The number of thiophene rings is 1. The third-order valence-corrected chi connectivity index (χ3v) is 5.04. The molecule has 2 aromatic rings. The van der Waals surface area contributed by atoms with Crippen molar-refractivity contribution in [1.82, 2.24) is 5.32 Å². The Morgan fingerprint density at radius 1 is 1.33 bits per heavy atom. The van der Waals surface area contributed by atoms with Crippen LogP contribution >= 0.6 is 27.3 Å². The second-order valence-electron chi connectivity index (χ2n) is 5.06. The van der Waals surface area contributed by atoms with Crippen molar-refractivity contribution in [2.24, 2.45) is 0 Å². The normalized spacial score (nSPS) is 12.4. The summed E-state index contributed by atoms with van der Waals surface area (Å²) in [5, 5.41) is 15.2. The van der Waals surface area contributed by atoms with Gasteiger partial charge in [-0.25, -0.2) is 0 Å². The van der Waals surface area contributed by atoms with Crippen molar-refractivity contribution in [3.8, 4) is 5.75 Å². The fourth-order valence-corrected chi connectivity index (χ4v) is 3.47. The molecule has 0 amide bonds. The number of hydrogen-bond donors (Lipinski definition) is 2. The van der Waals surface area contributed by atoms with E-state index in [2.05, 4.69) is 34.2 Å². The first-order chi connectivity index (χ1) is 10.1. The SMILES string of the molecule is Cc1ccc(OCC(O)CNCc2sccc2Br)c(C)c1. The summed E-state index contributed by atoms with van der Waals surface area (Å²) in [4.78, 5) is 1.23. The molecule has 114 valence electrons. The summed E-state index contributed by atoms with van der Waals surface area (Å²) < 4.78 is 6.78. The summed E-state index contributed by atoms with van der Waals surface area (Å²) in [7, 11) is 0. The lowest BCUT2D eigenvalue weighted by atomic mass is 10.1. The molecule has 5 heteroatoms. The van der Waals surface area contributed by atoms with Gasteiger partial charge in [0.1, 0.15) is 18.5 Å². The van der Waals surface area contributed by atoms with Gasteiger partial charge in [-0.1, -0.05) is 17.7 Å². The van der Waals surface area contributed by atoms with Crippen LogP contribution < -0.4 is 10.1 Å². The van der Waals surface area contributed by atoms with Gasteiger partial charge >= 0.3 is 0 Å². The molecule has 3 nitrogen and oxygen atoms in total. The molecule has 2 rings (SSSR count). The average Bonchev–Trinajstić information content (AvgIpc) is 2.83. The molecule has 0 fully saturated rings.